The van der Waals surface area contributed by atoms with Gasteiger partial charge in [-0.15, -0.1) is 0 Å². The highest BCUT2D eigenvalue weighted by atomic mass is 79.9. The van der Waals surface area contributed by atoms with E-state index >= 15 is 0 Å². The number of ether oxygens (including phenoxy) is 2. The lowest BCUT2D eigenvalue weighted by Crippen LogP contribution is -2.22. The van der Waals surface area contributed by atoms with E-state index in [-0.39, 0.29) is 0 Å². The van der Waals surface area contributed by atoms with Gasteiger partial charge in [-0.2, -0.15) is 0 Å². The molecule has 1 heterocycles. The second-order valence-electron chi connectivity index (χ2n) is 4.14. The third-order valence-electron chi connectivity index (χ3n) is 2.37. The van der Waals surface area contributed by atoms with Gasteiger partial charge in [-0.1, -0.05) is 13.8 Å². The van der Waals surface area contributed by atoms with Crippen LogP contribution >= 0.6 is 15.9 Å². The molecule has 0 bridgehead atoms. The van der Waals surface area contributed by atoms with Gasteiger partial charge in [-0.25, -0.2) is 0 Å². The molecule has 1 aliphatic heterocycles. The molecule has 0 saturated heterocycles. The number of fused-ring (bicyclic) bond motifs is 1. The van der Waals surface area contributed by atoms with E-state index in [2.05, 4.69) is 41.2 Å². The van der Waals surface area contributed by atoms with Gasteiger partial charge in [0.1, 0.15) is 13.2 Å². The van der Waals surface area contributed by atoms with Crippen molar-refractivity contribution in [2.75, 3.05) is 13.2 Å². The molecule has 88 valence electrons. The van der Waals surface area contributed by atoms with Crippen molar-refractivity contribution in [2.45, 2.75) is 26.4 Å². The van der Waals surface area contributed by atoms with Crippen molar-refractivity contribution in [2.24, 2.45) is 0 Å². The van der Waals surface area contributed by atoms with E-state index < -0.39 is 0 Å². The highest BCUT2D eigenvalue weighted by Crippen LogP contribution is 2.38. The molecule has 1 N–H and O–H groups in total. The molecule has 4 heteroatoms. The van der Waals surface area contributed by atoms with Crippen LogP contribution in [0.5, 0.6) is 11.5 Å². The van der Waals surface area contributed by atoms with Crippen LogP contribution in [-0.2, 0) is 6.54 Å². The van der Waals surface area contributed by atoms with E-state index in [1.807, 2.05) is 6.07 Å². The maximum atomic E-state index is 5.57. The van der Waals surface area contributed by atoms with Crippen molar-refractivity contribution >= 4 is 15.9 Å². The molecule has 0 radical (unpaired) electrons. The van der Waals surface area contributed by atoms with Crippen molar-refractivity contribution in [3.63, 3.8) is 0 Å². The molecular formula is C12H16BrNO2. The van der Waals surface area contributed by atoms with Crippen LogP contribution in [0.15, 0.2) is 16.6 Å². The molecule has 16 heavy (non-hydrogen) atoms. The predicted molar refractivity (Wildman–Crippen MR) is 67.1 cm³/mol. The lowest BCUT2D eigenvalue weighted by molar-refractivity contribution is 0.170. The van der Waals surface area contributed by atoms with E-state index in [0.717, 1.165) is 22.5 Å². The maximum absolute atomic E-state index is 5.57. The minimum absolute atomic E-state index is 0.479. The third kappa shape index (κ3) is 2.68. The van der Waals surface area contributed by atoms with Crippen LogP contribution in [0.3, 0.4) is 0 Å². The first kappa shape index (κ1) is 11.7. The number of benzene rings is 1. The summed E-state index contributed by atoms with van der Waals surface area (Å²) in [5.41, 5.74) is 1.20. The topological polar surface area (TPSA) is 30.5 Å². The summed E-state index contributed by atoms with van der Waals surface area (Å²) in [6, 6.07) is 4.59. The molecule has 1 aromatic carbocycles. The Morgan fingerprint density at radius 2 is 2.06 bits per heavy atom. The first-order valence-electron chi connectivity index (χ1n) is 5.48. The van der Waals surface area contributed by atoms with E-state index in [9.17, 15) is 0 Å². The van der Waals surface area contributed by atoms with Gasteiger partial charge >= 0.3 is 0 Å². The molecule has 1 aromatic rings. The fraction of sp³-hybridized carbons (Fsp3) is 0.500. The summed E-state index contributed by atoms with van der Waals surface area (Å²) >= 11 is 3.51. The normalized spacial score (nSPS) is 14.2. The van der Waals surface area contributed by atoms with Gasteiger partial charge < -0.3 is 14.8 Å². The van der Waals surface area contributed by atoms with Gasteiger partial charge in [-0.3, -0.25) is 0 Å². The predicted octanol–water partition coefficient (Wildman–Crippen LogP) is 2.72. The fourth-order valence-corrected chi connectivity index (χ4v) is 2.19. The van der Waals surface area contributed by atoms with E-state index in [1.165, 1.54) is 5.56 Å². The summed E-state index contributed by atoms with van der Waals surface area (Å²) in [5.74, 6) is 1.65. The fourth-order valence-electron chi connectivity index (χ4n) is 1.59. The average molecular weight is 286 g/mol. The van der Waals surface area contributed by atoms with Crippen molar-refractivity contribution in [3.8, 4) is 11.5 Å². The monoisotopic (exact) mass is 285 g/mol. The smallest absolute Gasteiger partial charge is 0.175 e. The Morgan fingerprint density at radius 1 is 1.31 bits per heavy atom. The van der Waals surface area contributed by atoms with Crippen molar-refractivity contribution in [1.29, 1.82) is 0 Å². The molecule has 0 saturated carbocycles. The van der Waals surface area contributed by atoms with Crippen LogP contribution in [0, 0.1) is 0 Å². The van der Waals surface area contributed by atoms with Crippen LogP contribution in [0.2, 0.25) is 0 Å². The molecule has 0 spiro atoms. The summed E-state index contributed by atoms with van der Waals surface area (Å²) in [4.78, 5) is 0. The molecule has 0 atom stereocenters. The van der Waals surface area contributed by atoms with Crippen LogP contribution in [0.1, 0.15) is 19.4 Å². The van der Waals surface area contributed by atoms with Crippen LogP contribution in [0.25, 0.3) is 0 Å². The van der Waals surface area contributed by atoms with Crippen LogP contribution < -0.4 is 14.8 Å². The summed E-state index contributed by atoms with van der Waals surface area (Å²) in [6.07, 6.45) is 0. The molecule has 1 aliphatic rings. The lowest BCUT2D eigenvalue weighted by atomic mass is 10.2. The number of hydrogen-bond donors (Lipinski definition) is 1. The van der Waals surface area contributed by atoms with Crippen molar-refractivity contribution in [1.82, 2.24) is 5.32 Å². The Bertz CT molecular complexity index is 380. The Kier molecular flexibility index (Phi) is 3.71. The zero-order chi connectivity index (χ0) is 11.5. The van der Waals surface area contributed by atoms with Crippen LogP contribution in [0.4, 0.5) is 0 Å². The Balaban J connectivity index is 2.18. The first-order chi connectivity index (χ1) is 7.66. The molecular weight excluding hydrogens is 270 g/mol. The average Bonchev–Trinajstić information content (AvgIpc) is 2.26. The van der Waals surface area contributed by atoms with Crippen molar-refractivity contribution in [3.05, 3.63) is 22.2 Å². The highest BCUT2D eigenvalue weighted by Gasteiger charge is 2.16. The van der Waals surface area contributed by atoms with Gasteiger partial charge in [0.25, 0.3) is 0 Å². The molecule has 0 aliphatic carbocycles. The standard InChI is InChI=1S/C12H16BrNO2/c1-8(2)14-7-9-5-10(13)12-11(6-9)15-3-4-16-12/h5-6,8,14H,3-4,7H2,1-2H3. The van der Waals surface area contributed by atoms with Gasteiger partial charge in [0.15, 0.2) is 11.5 Å². The number of rotatable bonds is 3. The molecule has 0 aromatic heterocycles. The number of hydrogen-bond acceptors (Lipinski definition) is 3. The van der Waals surface area contributed by atoms with E-state index in [4.69, 9.17) is 9.47 Å². The van der Waals surface area contributed by atoms with E-state index in [0.29, 0.717) is 19.3 Å². The zero-order valence-electron chi connectivity index (χ0n) is 9.55. The van der Waals surface area contributed by atoms with E-state index in [1.54, 1.807) is 0 Å². The minimum Gasteiger partial charge on any atom is -0.486 e. The Hall–Kier alpha value is -0.740. The summed E-state index contributed by atoms with van der Waals surface area (Å²) < 4.78 is 12.1. The van der Waals surface area contributed by atoms with Crippen LogP contribution in [-0.4, -0.2) is 19.3 Å². The van der Waals surface area contributed by atoms with Crippen molar-refractivity contribution < 1.29 is 9.47 Å². The molecule has 3 nitrogen and oxygen atoms in total. The molecule has 2 rings (SSSR count). The Labute approximate surface area is 104 Å². The molecule has 0 unspecified atom stereocenters. The van der Waals surface area contributed by atoms with Gasteiger partial charge in [-0.05, 0) is 33.6 Å². The minimum atomic E-state index is 0.479. The summed E-state index contributed by atoms with van der Waals surface area (Å²) in [6.45, 7) is 6.35. The number of halogens is 1. The summed E-state index contributed by atoms with van der Waals surface area (Å²) in [7, 11) is 0. The number of nitrogens with one attached hydrogen (secondary N) is 1. The third-order valence-corrected chi connectivity index (χ3v) is 2.96. The lowest BCUT2D eigenvalue weighted by Gasteiger charge is -2.20. The SMILES string of the molecule is CC(C)NCc1cc(Br)c2c(c1)OCCO2. The van der Waals surface area contributed by atoms with Gasteiger partial charge in [0.2, 0.25) is 0 Å². The highest BCUT2D eigenvalue weighted by molar-refractivity contribution is 9.10. The largest absolute Gasteiger partial charge is 0.486 e. The second kappa shape index (κ2) is 5.06. The molecule has 0 fully saturated rings. The maximum Gasteiger partial charge on any atom is 0.175 e. The first-order valence-corrected chi connectivity index (χ1v) is 6.27. The Morgan fingerprint density at radius 3 is 2.81 bits per heavy atom. The second-order valence-corrected chi connectivity index (χ2v) is 4.99. The molecule has 0 amide bonds. The summed E-state index contributed by atoms with van der Waals surface area (Å²) in [5, 5.41) is 3.38. The van der Waals surface area contributed by atoms with Gasteiger partial charge in [0.05, 0.1) is 4.47 Å². The van der Waals surface area contributed by atoms with Gasteiger partial charge in [0, 0.05) is 12.6 Å². The quantitative estimate of drug-likeness (QED) is 0.926. The zero-order valence-corrected chi connectivity index (χ0v) is 11.1.